The number of nitrogens with one attached hydrogen (secondary N) is 2. The van der Waals surface area contributed by atoms with Gasteiger partial charge in [0.1, 0.15) is 5.52 Å². The van der Waals surface area contributed by atoms with E-state index in [1.54, 1.807) is 56.7 Å². The molecule has 0 aliphatic carbocycles. The number of carbonyl (C=O) groups excluding carboxylic acids is 1. The molecule has 0 unspecified atom stereocenters. The van der Waals surface area contributed by atoms with Gasteiger partial charge < -0.3 is 19.2 Å². The molecule has 1 aromatic heterocycles. The third kappa shape index (κ3) is 5.03. The van der Waals surface area contributed by atoms with Gasteiger partial charge in [0, 0.05) is 16.8 Å². The number of anilines is 1. The number of nitrogens with zero attached hydrogens (tertiary/aromatic N) is 1. The van der Waals surface area contributed by atoms with E-state index in [0.29, 0.717) is 44.8 Å². The first-order chi connectivity index (χ1) is 15.9. The second-order valence-corrected chi connectivity index (χ2v) is 8.03. The van der Waals surface area contributed by atoms with Crippen LogP contribution in [0.3, 0.4) is 0 Å². The largest absolute Gasteiger partial charge is 0.493 e. The second kappa shape index (κ2) is 9.66. The number of carbonyl (C=O) groups is 1. The molecule has 3 aromatic carbocycles. The summed E-state index contributed by atoms with van der Waals surface area (Å²) in [6.07, 6.45) is 0. The Balaban J connectivity index is 1.50. The number of aromatic nitrogens is 1. The Morgan fingerprint density at radius 3 is 2.48 bits per heavy atom. The van der Waals surface area contributed by atoms with Crippen molar-refractivity contribution in [2.45, 2.75) is 0 Å². The minimum Gasteiger partial charge on any atom is -0.493 e. The summed E-state index contributed by atoms with van der Waals surface area (Å²) in [6, 6.07) is 15.3. The number of rotatable bonds is 5. The van der Waals surface area contributed by atoms with Crippen molar-refractivity contribution in [1.82, 2.24) is 10.3 Å². The normalized spacial score (nSPS) is 10.7. The first kappa shape index (κ1) is 22.8. The van der Waals surface area contributed by atoms with E-state index in [4.69, 9.17) is 49.3 Å². The SMILES string of the molecule is COc1ccc(-c2nc3cc(NC(=S)NC(=O)c4ccc(Cl)c(Cl)c4)ccc3o2)cc1OC. The predicted molar refractivity (Wildman–Crippen MR) is 133 cm³/mol. The molecule has 7 nitrogen and oxygen atoms in total. The van der Waals surface area contributed by atoms with E-state index in [0.717, 1.165) is 5.56 Å². The smallest absolute Gasteiger partial charge is 0.257 e. The van der Waals surface area contributed by atoms with Crippen molar-refractivity contribution < 1.29 is 18.7 Å². The van der Waals surface area contributed by atoms with Crippen molar-refractivity contribution in [3.63, 3.8) is 0 Å². The zero-order chi connectivity index (χ0) is 23.5. The van der Waals surface area contributed by atoms with Gasteiger partial charge in [-0.25, -0.2) is 4.98 Å². The third-order valence-electron chi connectivity index (χ3n) is 4.68. The number of methoxy groups -OCH3 is 2. The van der Waals surface area contributed by atoms with Crippen LogP contribution < -0.4 is 20.1 Å². The molecule has 0 radical (unpaired) electrons. The predicted octanol–water partition coefficient (Wildman–Crippen LogP) is 5.95. The van der Waals surface area contributed by atoms with Crippen LogP contribution in [0.5, 0.6) is 11.5 Å². The molecule has 0 saturated heterocycles. The fourth-order valence-corrected chi connectivity index (χ4v) is 3.58. The maximum Gasteiger partial charge on any atom is 0.257 e. The molecule has 1 heterocycles. The van der Waals surface area contributed by atoms with Crippen LogP contribution in [0, 0.1) is 0 Å². The molecule has 10 heteroatoms. The Bertz CT molecular complexity index is 1370. The van der Waals surface area contributed by atoms with Crippen molar-refractivity contribution >= 4 is 63.2 Å². The van der Waals surface area contributed by atoms with Crippen LogP contribution in [-0.4, -0.2) is 30.2 Å². The van der Waals surface area contributed by atoms with E-state index in [9.17, 15) is 4.79 Å². The minimum atomic E-state index is -0.413. The van der Waals surface area contributed by atoms with Gasteiger partial charge in [-0.05, 0) is 66.8 Å². The van der Waals surface area contributed by atoms with E-state index < -0.39 is 5.91 Å². The maximum atomic E-state index is 12.4. The number of ether oxygens (including phenoxy) is 2. The first-order valence-electron chi connectivity index (χ1n) is 9.58. The van der Waals surface area contributed by atoms with Crippen molar-refractivity contribution in [2.24, 2.45) is 0 Å². The van der Waals surface area contributed by atoms with Gasteiger partial charge in [-0.3, -0.25) is 10.1 Å². The topological polar surface area (TPSA) is 85.6 Å². The summed E-state index contributed by atoms with van der Waals surface area (Å²) in [4.78, 5) is 16.9. The molecule has 0 fully saturated rings. The molecule has 4 aromatic rings. The Kier molecular flexibility index (Phi) is 6.69. The molecule has 0 aliphatic rings. The molecule has 2 N–H and O–H groups in total. The van der Waals surface area contributed by atoms with Gasteiger partial charge >= 0.3 is 0 Å². The van der Waals surface area contributed by atoms with Gasteiger partial charge in [0.2, 0.25) is 5.89 Å². The van der Waals surface area contributed by atoms with Gasteiger partial charge in [-0.15, -0.1) is 0 Å². The Morgan fingerprint density at radius 2 is 1.76 bits per heavy atom. The molecule has 0 atom stereocenters. The molecule has 168 valence electrons. The molecule has 0 aliphatic heterocycles. The van der Waals surface area contributed by atoms with E-state index in [-0.39, 0.29) is 10.1 Å². The third-order valence-corrected chi connectivity index (χ3v) is 5.63. The minimum absolute atomic E-state index is 0.119. The summed E-state index contributed by atoms with van der Waals surface area (Å²) < 4.78 is 16.5. The highest BCUT2D eigenvalue weighted by atomic mass is 35.5. The van der Waals surface area contributed by atoms with Crippen LogP contribution in [0.25, 0.3) is 22.6 Å². The second-order valence-electron chi connectivity index (χ2n) is 6.81. The summed E-state index contributed by atoms with van der Waals surface area (Å²) in [5, 5.41) is 6.33. The standard InChI is InChI=1S/C23H17Cl2N3O4S/c1-30-19-7-4-13(10-20(19)31-2)22-27-17-11-14(5-8-18(17)32-22)26-23(33)28-21(29)12-3-6-15(24)16(25)9-12/h3-11H,1-2H3,(H2,26,28,29,33). The van der Waals surface area contributed by atoms with Crippen molar-refractivity contribution in [1.29, 1.82) is 0 Å². The van der Waals surface area contributed by atoms with Gasteiger partial charge in [0.25, 0.3) is 5.91 Å². The van der Waals surface area contributed by atoms with E-state index in [1.165, 1.54) is 6.07 Å². The molecular formula is C23H17Cl2N3O4S. The highest BCUT2D eigenvalue weighted by Gasteiger charge is 2.14. The number of oxazole rings is 1. The number of fused-ring (bicyclic) bond motifs is 1. The number of hydrogen-bond acceptors (Lipinski definition) is 6. The lowest BCUT2D eigenvalue weighted by molar-refractivity contribution is 0.0977. The van der Waals surface area contributed by atoms with Crippen LogP contribution in [0.1, 0.15) is 10.4 Å². The monoisotopic (exact) mass is 501 g/mol. The molecule has 4 rings (SSSR count). The van der Waals surface area contributed by atoms with Gasteiger partial charge in [0.05, 0.1) is 24.3 Å². The fourth-order valence-electron chi connectivity index (χ4n) is 3.07. The Labute approximate surface area is 204 Å². The van der Waals surface area contributed by atoms with Gasteiger partial charge in [-0.1, -0.05) is 23.2 Å². The van der Waals surface area contributed by atoms with E-state index >= 15 is 0 Å². The summed E-state index contributed by atoms with van der Waals surface area (Å²) in [5.41, 5.74) is 2.91. The van der Waals surface area contributed by atoms with Crippen molar-refractivity contribution in [3.8, 4) is 23.0 Å². The highest BCUT2D eigenvalue weighted by Crippen LogP contribution is 2.33. The number of hydrogen-bond donors (Lipinski definition) is 2. The molecule has 33 heavy (non-hydrogen) atoms. The van der Waals surface area contributed by atoms with Crippen LogP contribution in [0.15, 0.2) is 59.0 Å². The van der Waals surface area contributed by atoms with E-state index in [1.807, 2.05) is 6.07 Å². The van der Waals surface area contributed by atoms with Crippen LogP contribution in [0.2, 0.25) is 10.0 Å². The molecule has 0 bridgehead atoms. The lowest BCUT2D eigenvalue weighted by Crippen LogP contribution is -2.34. The van der Waals surface area contributed by atoms with Crippen molar-refractivity contribution in [2.75, 3.05) is 19.5 Å². The van der Waals surface area contributed by atoms with Crippen LogP contribution in [0.4, 0.5) is 5.69 Å². The van der Waals surface area contributed by atoms with Crippen LogP contribution in [-0.2, 0) is 0 Å². The Morgan fingerprint density at radius 1 is 0.970 bits per heavy atom. The lowest BCUT2D eigenvalue weighted by Gasteiger charge is -2.10. The zero-order valence-corrected chi connectivity index (χ0v) is 19.8. The summed E-state index contributed by atoms with van der Waals surface area (Å²) in [6.45, 7) is 0. The lowest BCUT2D eigenvalue weighted by atomic mass is 10.2. The summed E-state index contributed by atoms with van der Waals surface area (Å²) in [7, 11) is 3.14. The average molecular weight is 502 g/mol. The number of halogens is 2. The number of amides is 1. The van der Waals surface area contributed by atoms with Crippen molar-refractivity contribution in [3.05, 3.63) is 70.2 Å². The first-order valence-corrected chi connectivity index (χ1v) is 10.7. The summed E-state index contributed by atoms with van der Waals surface area (Å²) in [5.74, 6) is 1.20. The highest BCUT2D eigenvalue weighted by molar-refractivity contribution is 7.80. The number of thiocarbonyl (C=S) groups is 1. The average Bonchev–Trinajstić information content (AvgIpc) is 3.23. The fraction of sp³-hybridized carbons (Fsp3) is 0.0870. The van der Waals surface area contributed by atoms with Gasteiger partial charge in [0.15, 0.2) is 22.2 Å². The Hall–Kier alpha value is -3.33. The molecule has 0 spiro atoms. The van der Waals surface area contributed by atoms with E-state index in [2.05, 4.69) is 15.6 Å². The van der Waals surface area contributed by atoms with Crippen LogP contribution >= 0.6 is 35.4 Å². The van der Waals surface area contributed by atoms with Gasteiger partial charge in [-0.2, -0.15) is 0 Å². The molecular weight excluding hydrogens is 485 g/mol. The summed E-state index contributed by atoms with van der Waals surface area (Å²) >= 11 is 17.1. The quantitative estimate of drug-likeness (QED) is 0.327. The maximum absolute atomic E-state index is 12.4. The molecule has 0 saturated carbocycles. The zero-order valence-electron chi connectivity index (χ0n) is 17.4. The number of benzene rings is 3. The molecule has 1 amide bonds.